The monoisotopic (exact) mass is 340 g/mol. The first-order valence-electron chi connectivity index (χ1n) is 5.82. The van der Waals surface area contributed by atoms with Crippen LogP contribution in [0.25, 0.3) is 0 Å². The lowest BCUT2D eigenvalue weighted by atomic mass is 10.1. The first kappa shape index (κ1) is 14.2. The van der Waals surface area contributed by atoms with Gasteiger partial charge in [0, 0.05) is 12.2 Å². The van der Waals surface area contributed by atoms with Gasteiger partial charge in [-0.05, 0) is 52.7 Å². The van der Waals surface area contributed by atoms with Crippen molar-refractivity contribution < 1.29 is 4.74 Å². The molecule has 0 saturated carbocycles. The molecule has 1 N–H and O–H groups in total. The molecule has 0 fully saturated rings. The number of nitrogens with one attached hydrogen (secondary N) is 1. The molecule has 0 saturated heterocycles. The number of rotatable bonds is 4. The van der Waals surface area contributed by atoms with Crippen LogP contribution in [0.15, 0.2) is 41.0 Å². The van der Waals surface area contributed by atoms with Crippen LogP contribution in [0.1, 0.15) is 18.5 Å². The molecule has 0 aliphatic heterocycles. The first-order valence-corrected chi connectivity index (χ1v) is 6.99. The zero-order chi connectivity index (χ0) is 13.8. The molecule has 0 spiro atoms. The van der Waals surface area contributed by atoms with Crippen molar-refractivity contribution >= 4 is 33.2 Å². The van der Waals surface area contributed by atoms with Gasteiger partial charge < -0.3 is 10.1 Å². The van der Waals surface area contributed by atoms with Gasteiger partial charge in [0.1, 0.15) is 5.75 Å². The van der Waals surface area contributed by atoms with Crippen LogP contribution in [-0.4, -0.2) is 12.1 Å². The summed E-state index contributed by atoms with van der Waals surface area (Å²) >= 11 is 9.52. The Morgan fingerprint density at radius 2 is 2.16 bits per heavy atom. The van der Waals surface area contributed by atoms with Gasteiger partial charge in [-0.15, -0.1) is 0 Å². The molecule has 100 valence electrons. The average molecular weight is 342 g/mol. The molecule has 1 heterocycles. The van der Waals surface area contributed by atoms with E-state index in [1.54, 1.807) is 13.3 Å². The van der Waals surface area contributed by atoms with Crippen molar-refractivity contribution in [1.29, 1.82) is 0 Å². The van der Waals surface area contributed by atoms with Crippen LogP contribution in [0.4, 0.5) is 5.69 Å². The summed E-state index contributed by atoms with van der Waals surface area (Å²) in [6.07, 6.45) is 1.67. The number of methoxy groups -OCH3 is 1. The zero-order valence-electron chi connectivity index (χ0n) is 10.7. The van der Waals surface area contributed by atoms with E-state index < -0.39 is 0 Å². The summed E-state index contributed by atoms with van der Waals surface area (Å²) in [7, 11) is 1.65. The molecule has 0 bridgehead atoms. The molecule has 2 rings (SSSR count). The Kier molecular flexibility index (Phi) is 4.66. The second kappa shape index (κ2) is 6.26. The quantitative estimate of drug-likeness (QED) is 0.820. The van der Waals surface area contributed by atoms with Crippen molar-refractivity contribution in [3.05, 3.63) is 51.7 Å². The van der Waals surface area contributed by atoms with Gasteiger partial charge in [-0.2, -0.15) is 0 Å². The van der Waals surface area contributed by atoms with E-state index in [4.69, 9.17) is 16.3 Å². The SMILES string of the molecule is COc1ccc(C(C)Nc2cccnc2Cl)cc1Br. The number of nitrogens with zero attached hydrogens (tertiary/aromatic N) is 1. The number of ether oxygens (including phenoxy) is 1. The molecule has 1 atom stereocenters. The Labute approximate surface area is 126 Å². The summed E-state index contributed by atoms with van der Waals surface area (Å²) in [5.74, 6) is 0.815. The van der Waals surface area contributed by atoms with E-state index in [0.29, 0.717) is 5.15 Å². The fraction of sp³-hybridized carbons (Fsp3) is 0.214. The largest absolute Gasteiger partial charge is 0.496 e. The standard InChI is InChI=1S/C14H14BrClN2O/c1-9(18-12-4-3-7-17-14(12)16)10-5-6-13(19-2)11(15)8-10/h3-9,18H,1-2H3. The maximum Gasteiger partial charge on any atom is 0.152 e. The van der Waals surface area contributed by atoms with E-state index in [1.807, 2.05) is 30.3 Å². The van der Waals surface area contributed by atoms with Crippen LogP contribution in [0.5, 0.6) is 5.75 Å². The van der Waals surface area contributed by atoms with Gasteiger partial charge in [0.25, 0.3) is 0 Å². The van der Waals surface area contributed by atoms with Gasteiger partial charge in [0.2, 0.25) is 0 Å². The summed E-state index contributed by atoms with van der Waals surface area (Å²) in [5, 5.41) is 3.81. The highest BCUT2D eigenvalue weighted by Crippen LogP contribution is 2.30. The number of hydrogen-bond donors (Lipinski definition) is 1. The van der Waals surface area contributed by atoms with Gasteiger partial charge in [-0.3, -0.25) is 0 Å². The molecule has 5 heteroatoms. The van der Waals surface area contributed by atoms with Crippen molar-refractivity contribution in [3.63, 3.8) is 0 Å². The number of anilines is 1. The van der Waals surface area contributed by atoms with Crippen LogP contribution in [0, 0.1) is 0 Å². The minimum atomic E-state index is 0.115. The zero-order valence-corrected chi connectivity index (χ0v) is 13.0. The average Bonchev–Trinajstić information content (AvgIpc) is 2.41. The van der Waals surface area contributed by atoms with E-state index in [1.165, 1.54) is 0 Å². The predicted molar refractivity (Wildman–Crippen MR) is 82.0 cm³/mol. The molecule has 0 radical (unpaired) electrons. The van der Waals surface area contributed by atoms with E-state index >= 15 is 0 Å². The summed E-state index contributed by atoms with van der Waals surface area (Å²) in [5.41, 5.74) is 1.95. The van der Waals surface area contributed by atoms with Crippen molar-refractivity contribution in [2.75, 3.05) is 12.4 Å². The molecular weight excluding hydrogens is 328 g/mol. The third-order valence-electron chi connectivity index (χ3n) is 2.81. The van der Waals surface area contributed by atoms with Gasteiger partial charge in [-0.25, -0.2) is 4.98 Å². The lowest BCUT2D eigenvalue weighted by Crippen LogP contribution is -2.07. The highest BCUT2D eigenvalue weighted by Gasteiger charge is 2.10. The van der Waals surface area contributed by atoms with Crippen molar-refractivity contribution in [3.8, 4) is 5.75 Å². The molecular formula is C14H14BrClN2O. The van der Waals surface area contributed by atoms with Gasteiger partial charge in [-0.1, -0.05) is 17.7 Å². The number of benzene rings is 1. The Morgan fingerprint density at radius 1 is 1.37 bits per heavy atom. The third-order valence-corrected chi connectivity index (χ3v) is 3.73. The van der Waals surface area contributed by atoms with E-state index in [-0.39, 0.29) is 6.04 Å². The molecule has 1 unspecified atom stereocenters. The highest BCUT2D eigenvalue weighted by molar-refractivity contribution is 9.10. The first-order chi connectivity index (χ1) is 9.11. The van der Waals surface area contributed by atoms with E-state index in [9.17, 15) is 0 Å². The smallest absolute Gasteiger partial charge is 0.152 e. The molecule has 1 aromatic heterocycles. The summed E-state index contributed by atoms with van der Waals surface area (Å²) in [6, 6.07) is 9.85. The van der Waals surface area contributed by atoms with Gasteiger partial charge >= 0.3 is 0 Å². The molecule has 3 nitrogen and oxygen atoms in total. The fourth-order valence-corrected chi connectivity index (χ4v) is 2.49. The molecule has 2 aromatic rings. The Bertz CT molecular complexity index is 577. The van der Waals surface area contributed by atoms with Crippen molar-refractivity contribution in [2.24, 2.45) is 0 Å². The summed E-state index contributed by atoms with van der Waals surface area (Å²) < 4.78 is 6.15. The number of halogens is 2. The van der Waals surface area contributed by atoms with Crippen LogP contribution in [0.2, 0.25) is 5.15 Å². The fourth-order valence-electron chi connectivity index (χ4n) is 1.76. The Morgan fingerprint density at radius 3 is 2.79 bits per heavy atom. The highest BCUT2D eigenvalue weighted by atomic mass is 79.9. The topological polar surface area (TPSA) is 34.1 Å². The van der Waals surface area contributed by atoms with Crippen molar-refractivity contribution in [2.45, 2.75) is 13.0 Å². The van der Waals surface area contributed by atoms with E-state index in [2.05, 4.69) is 33.2 Å². The van der Waals surface area contributed by atoms with Crippen LogP contribution in [-0.2, 0) is 0 Å². The second-order valence-electron chi connectivity index (χ2n) is 4.10. The number of hydrogen-bond acceptors (Lipinski definition) is 3. The molecule has 0 aliphatic rings. The lowest BCUT2D eigenvalue weighted by Gasteiger charge is -2.17. The second-order valence-corrected chi connectivity index (χ2v) is 5.31. The minimum absolute atomic E-state index is 0.115. The third kappa shape index (κ3) is 3.39. The molecule has 0 amide bonds. The van der Waals surface area contributed by atoms with Crippen LogP contribution < -0.4 is 10.1 Å². The van der Waals surface area contributed by atoms with Crippen LogP contribution in [0.3, 0.4) is 0 Å². The predicted octanol–water partition coefficient (Wildman–Crippen LogP) is 4.68. The van der Waals surface area contributed by atoms with Gasteiger partial charge in [0.05, 0.1) is 17.3 Å². The molecule has 0 aliphatic carbocycles. The Balaban J connectivity index is 2.18. The van der Waals surface area contributed by atoms with Crippen molar-refractivity contribution in [1.82, 2.24) is 4.98 Å². The lowest BCUT2D eigenvalue weighted by molar-refractivity contribution is 0.412. The minimum Gasteiger partial charge on any atom is -0.496 e. The normalized spacial score (nSPS) is 12.0. The number of aromatic nitrogens is 1. The molecule has 1 aromatic carbocycles. The van der Waals surface area contributed by atoms with E-state index in [0.717, 1.165) is 21.5 Å². The van der Waals surface area contributed by atoms with Crippen LogP contribution >= 0.6 is 27.5 Å². The Hall–Kier alpha value is -1.26. The maximum atomic E-state index is 6.03. The van der Waals surface area contributed by atoms with Gasteiger partial charge in [0.15, 0.2) is 5.15 Å². The molecule has 19 heavy (non-hydrogen) atoms. The summed E-state index contributed by atoms with van der Waals surface area (Å²) in [4.78, 5) is 4.04. The maximum absolute atomic E-state index is 6.03. The number of pyridine rings is 1. The summed E-state index contributed by atoms with van der Waals surface area (Å²) in [6.45, 7) is 2.07.